The molecule has 1 N–H and O–H groups in total. The highest BCUT2D eigenvalue weighted by atomic mass is 79.9. The minimum Gasteiger partial charge on any atom is -0.494 e. The monoisotopic (exact) mass is 385 g/mol. The fraction of sp³-hybridized carbons (Fsp3) is 0.364. The number of methoxy groups -OCH3 is 2. The molecule has 0 aromatic heterocycles. The van der Waals surface area contributed by atoms with Gasteiger partial charge in [-0.25, -0.2) is 8.42 Å². The molecule has 0 aliphatic heterocycles. The van der Waals surface area contributed by atoms with Gasteiger partial charge in [-0.3, -0.25) is 4.79 Å². The highest BCUT2D eigenvalue weighted by Crippen LogP contribution is 2.35. The van der Waals surface area contributed by atoms with Gasteiger partial charge in [0.1, 0.15) is 10.9 Å². The predicted octanol–water partition coefficient (Wildman–Crippen LogP) is 1.95. The lowest BCUT2D eigenvalue weighted by molar-refractivity contribution is -0.142. The van der Waals surface area contributed by atoms with Crippen LogP contribution in [0.2, 0.25) is 5.02 Å². The Hall–Kier alpha value is -0.830. The maximum absolute atomic E-state index is 12.3. The maximum atomic E-state index is 12.3. The van der Waals surface area contributed by atoms with Crippen LogP contribution < -0.4 is 9.46 Å². The first kappa shape index (κ1) is 17.2. The number of carbonyl (C=O) groups excluding carboxylic acids is 1. The van der Waals surface area contributed by atoms with Gasteiger partial charge in [-0.1, -0.05) is 11.6 Å². The molecule has 9 heteroatoms. The third-order valence-electron chi connectivity index (χ3n) is 2.35. The molecule has 0 saturated carbocycles. The second kappa shape index (κ2) is 6.75. The largest absolute Gasteiger partial charge is 0.494 e. The van der Waals surface area contributed by atoms with Crippen LogP contribution in [0.4, 0.5) is 0 Å². The van der Waals surface area contributed by atoms with Crippen LogP contribution in [0.15, 0.2) is 21.5 Å². The van der Waals surface area contributed by atoms with Crippen molar-refractivity contribution in [1.82, 2.24) is 4.72 Å². The molecule has 0 bridgehead atoms. The molecule has 0 spiro atoms. The number of nitrogens with one attached hydrogen (secondary N) is 1. The summed E-state index contributed by atoms with van der Waals surface area (Å²) >= 11 is 9.01. The van der Waals surface area contributed by atoms with Gasteiger partial charge in [-0.2, -0.15) is 4.72 Å². The number of esters is 1. The second-order valence-electron chi connectivity index (χ2n) is 3.79. The number of sulfonamides is 1. The number of hydrogen-bond donors (Lipinski definition) is 1. The Morgan fingerprint density at radius 2 is 2.00 bits per heavy atom. The molecule has 0 radical (unpaired) electrons. The van der Waals surface area contributed by atoms with Gasteiger partial charge in [0.25, 0.3) is 0 Å². The Labute approximate surface area is 130 Å². The lowest BCUT2D eigenvalue weighted by Gasteiger charge is -2.15. The molecule has 1 atom stereocenters. The van der Waals surface area contributed by atoms with Gasteiger partial charge in [-0.15, -0.1) is 0 Å². The van der Waals surface area contributed by atoms with E-state index in [9.17, 15) is 13.2 Å². The van der Waals surface area contributed by atoms with E-state index in [1.165, 1.54) is 33.3 Å². The summed E-state index contributed by atoms with van der Waals surface area (Å²) in [5, 5.41) is 0.212. The lowest BCUT2D eigenvalue weighted by Crippen LogP contribution is -2.39. The van der Waals surface area contributed by atoms with E-state index >= 15 is 0 Å². The predicted molar refractivity (Wildman–Crippen MR) is 77.5 cm³/mol. The van der Waals surface area contributed by atoms with Crippen LogP contribution in [0.1, 0.15) is 6.92 Å². The highest BCUT2D eigenvalue weighted by Gasteiger charge is 2.27. The minimum atomic E-state index is -3.99. The van der Waals surface area contributed by atoms with Crippen molar-refractivity contribution in [2.75, 3.05) is 14.2 Å². The molecular formula is C11H13BrClNO5S. The summed E-state index contributed by atoms with van der Waals surface area (Å²) < 4.78 is 36.6. The zero-order valence-electron chi connectivity index (χ0n) is 10.9. The van der Waals surface area contributed by atoms with Gasteiger partial charge in [0.15, 0.2) is 5.75 Å². The minimum absolute atomic E-state index is 0.0963. The Bertz CT molecular complexity index is 619. The molecule has 1 unspecified atom stereocenters. The molecule has 0 aliphatic carbocycles. The molecule has 0 fully saturated rings. The van der Waals surface area contributed by atoms with Crippen LogP contribution in [0.5, 0.6) is 5.75 Å². The van der Waals surface area contributed by atoms with E-state index in [1.54, 1.807) is 0 Å². The fourth-order valence-electron chi connectivity index (χ4n) is 1.46. The first-order valence-corrected chi connectivity index (χ1v) is 8.01. The molecule has 0 heterocycles. The summed E-state index contributed by atoms with van der Waals surface area (Å²) in [5.41, 5.74) is 0. The smallest absolute Gasteiger partial charge is 0.323 e. The van der Waals surface area contributed by atoms with Crippen molar-refractivity contribution in [2.24, 2.45) is 0 Å². The summed E-state index contributed by atoms with van der Waals surface area (Å²) in [7, 11) is -1.49. The van der Waals surface area contributed by atoms with Gasteiger partial charge >= 0.3 is 5.97 Å². The van der Waals surface area contributed by atoms with Gasteiger partial charge in [0.2, 0.25) is 10.0 Å². The average Bonchev–Trinajstić information content (AvgIpc) is 2.36. The molecule has 1 aromatic carbocycles. The van der Waals surface area contributed by atoms with Crippen molar-refractivity contribution < 1.29 is 22.7 Å². The number of rotatable bonds is 5. The summed E-state index contributed by atoms with van der Waals surface area (Å²) in [6.45, 7) is 1.37. The number of ether oxygens (including phenoxy) is 2. The SMILES string of the molecule is COC(=O)C(C)NS(=O)(=O)c1cc(Cl)cc(Br)c1OC. The van der Waals surface area contributed by atoms with Crippen LogP contribution in [-0.2, 0) is 19.6 Å². The number of benzene rings is 1. The van der Waals surface area contributed by atoms with Crippen LogP contribution in [0.3, 0.4) is 0 Å². The van der Waals surface area contributed by atoms with Crippen molar-refractivity contribution in [3.8, 4) is 5.75 Å². The third-order valence-corrected chi connectivity index (χ3v) is 4.71. The van der Waals surface area contributed by atoms with Crippen molar-refractivity contribution in [3.63, 3.8) is 0 Å². The van der Waals surface area contributed by atoms with Crippen LogP contribution in [-0.4, -0.2) is 34.6 Å². The van der Waals surface area contributed by atoms with Crippen molar-refractivity contribution in [1.29, 1.82) is 0 Å². The Kier molecular flexibility index (Phi) is 5.81. The first-order valence-electron chi connectivity index (χ1n) is 5.36. The topological polar surface area (TPSA) is 81.7 Å². The highest BCUT2D eigenvalue weighted by molar-refractivity contribution is 9.10. The second-order valence-corrected chi connectivity index (χ2v) is 6.76. The van der Waals surface area contributed by atoms with Crippen LogP contribution in [0, 0.1) is 0 Å². The number of carbonyl (C=O) groups is 1. The van der Waals surface area contributed by atoms with E-state index in [0.29, 0.717) is 4.47 Å². The van der Waals surface area contributed by atoms with Crippen LogP contribution >= 0.6 is 27.5 Å². The quantitative estimate of drug-likeness (QED) is 0.782. The third kappa shape index (κ3) is 3.85. The van der Waals surface area contributed by atoms with Gasteiger partial charge in [0, 0.05) is 5.02 Å². The van der Waals surface area contributed by atoms with E-state index in [4.69, 9.17) is 16.3 Å². The zero-order valence-corrected chi connectivity index (χ0v) is 14.1. The van der Waals surface area contributed by atoms with Gasteiger partial charge in [0.05, 0.1) is 18.7 Å². The van der Waals surface area contributed by atoms with Crippen molar-refractivity contribution in [2.45, 2.75) is 17.9 Å². The lowest BCUT2D eigenvalue weighted by atomic mass is 10.3. The van der Waals surface area contributed by atoms with E-state index < -0.39 is 22.0 Å². The molecule has 0 amide bonds. The Morgan fingerprint density at radius 1 is 1.40 bits per heavy atom. The Morgan fingerprint density at radius 3 is 2.50 bits per heavy atom. The number of halogens is 2. The van der Waals surface area contributed by atoms with Gasteiger partial charge in [-0.05, 0) is 35.0 Å². The normalized spacial score (nSPS) is 12.8. The molecular weight excluding hydrogens is 374 g/mol. The maximum Gasteiger partial charge on any atom is 0.323 e. The van der Waals surface area contributed by atoms with Crippen molar-refractivity contribution in [3.05, 3.63) is 21.6 Å². The molecule has 1 rings (SSSR count). The molecule has 1 aromatic rings. The fourth-order valence-corrected chi connectivity index (χ4v) is 4.03. The van der Waals surface area contributed by atoms with E-state index in [2.05, 4.69) is 25.4 Å². The standard InChI is InChI=1S/C11H13BrClNO5S/c1-6(11(15)19-3)14-20(16,17)9-5-7(13)4-8(12)10(9)18-2/h4-6,14H,1-3H3. The molecule has 112 valence electrons. The summed E-state index contributed by atoms with van der Waals surface area (Å²) in [6.07, 6.45) is 0. The molecule has 20 heavy (non-hydrogen) atoms. The van der Waals surface area contributed by atoms with Gasteiger partial charge < -0.3 is 9.47 Å². The van der Waals surface area contributed by atoms with Crippen molar-refractivity contribution >= 4 is 43.5 Å². The van der Waals surface area contributed by atoms with E-state index in [0.717, 1.165) is 0 Å². The van der Waals surface area contributed by atoms with Crippen LogP contribution in [0.25, 0.3) is 0 Å². The summed E-state index contributed by atoms with van der Waals surface area (Å²) in [4.78, 5) is 11.1. The first-order chi connectivity index (χ1) is 9.22. The van der Waals surface area contributed by atoms with E-state index in [1.807, 2.05) is 0 Å². The summed E-state index contributed by atoms with van der Waals surface area (Å²) in [6, 6.07) is 1.70. The Balaban J connectivity index is 3.25. The van der Waals surface area contributed by atoms with E-state index in [-0.39, 0.29) is 15.7 Å². The average molecular weight is 387 g/mol. The molecule has 0 aliphatic rings. The molecule has 0 saturated heterocycles. The molecule has 6 nitrogen and oxygen atoms in total. The summed E-state index contributed by atoms with van der Waals surface area (Å²) in [5.74, 6) is -0.604. The number of hydrogen-bond acceptors (Lipinski definition) is 5. The zero-order chi connectivity index (χ0) is 15.5.